The highest BCUT2D eigenvalue weighted by Gasteiger charge is 2.22. The number of benzene rings is 1. The van der Waals surface area contributed by atoms with E-state index in [1.54, 1.807) is 23.1 Å². The molecule has 1 heterocycles. The van der Waals surface area contributed by atoms with Crippen LogP contribution in [-0.2, 0) is 4.79 Å². The number of β-amino-alcohol motifs (C(OH)–C–C–N with tert-alkyl or cyclic N) is 1. The Morgan fingerprint density at radius 2 is 2.25 bits per heavy atom. The minimum atomic E-state index is -0.450. The molecular weight excluding hydrogens is 324 g/mol. The molecule has 0 bridgehead atoms. The fraction of sp³-hybridized carbons (Fsp3) is 0.429. The third-order valence-electron chi connectivity index (χ3n) is 3.24. The van der Waals surface area contributed by atoms with Crippen molar-refractivity contribution < 1.29 is 14.7 Å². The van der Waals surface area contributed by atoms with E-state index in [1.165, 1.54) is 0 Å². The summed E-state index contributed by atoms with van der Waals surface area (Å²) in [5.41, 5.74) is 0.505. The number of carbonyl (C=O) groups is 2. The Hall–Kier alpha value is -1.40. The molecule has 20 heavy (non-hydrogen) atoms. The highest BCUT2D eigenvalue weighted by Crippen LogP contribution is 2.12. The van der Waals surface area contributed by atoms with Gasteiger partial charge in [0.25, 0.3) is 5.91 Å². The molecule has 0 aliphatic carbocycles. The van der Waals surface area contributed by atoms with E-state index in [0.717, 1.165) is 17.3 Å². The van der Waals surface area contributed by atoms with Gasteiger partial charge in [0.05, 0.1) is 12.6 Å². The second-order valence-corrected chi connectivity index (χ2v) is 5.74. The van der Waals surface area contributed by atoms with Crippen molar-refractivity contribution in [1.82, 2.24) is 10.2 Å². The maximum absolute atomic E-state index is 11.9. The van der Waals surface area contributed by atoms with Crippen molar-refractivity contribution in [2.45, 2.75) is 18.9 Å². The molecule has 2 amide bonds. The van der Waals surface area contributed by atoms with Gasteiger partial charge in [0.15, 0.2) is 0 Å². The predicted molar refractivity (Wildman–Crippen MR) is 78.3 cm³/mol. The Bertz CT molecular complexity index is 507. The van der Waals surface area contributed by atoms with Crippen molar-refractivity contribution >= 4 is 27.7 Å². The number of amides is 2. The van der Waals surface area contributed by atoms with Crippen molar-refractivity contribution in [2.75, 3.05) is 19.6 Å². The molecule has 1 fully saturated rings. The summed E-state index contributed by atoms with van der Waals surface area (Å²) in [6.07, 6.45) is 1.08. The molecule has 1 atom stereocenters. The zero-order valence-corrected chi connectivity index (χ0v) is 12.6. The molecule has 108 valence electrons. The number of nitrogens with zero attached hydrogens (tertiary/aromatic N) is 1. The Morgan fingerprint density at radius 3 is 2.95 bits per heavy atom. The topological polar surface area (TPSA) is 69.6 Å². The first-order chi connectivity index (χ1) is 9.56. The lowest BCUT2D eigenvalue weighted by atomic mass is 10.1. The molecule has 6 heteroatoms. The Labute approximate surface area is 126 Å². The highest BCUT2D eigenvalue weighted by molar-refractivity contribution is 9.10. The summed E-state index contributed by atoms with van der Waals surface area (Å²) < 4.78 is 0.815. The number of rotatable bonds is 3. The first kappa shape index (κ1) is 15.0. The van der Waals surface area contributed by atoms with Crippen molar-refractivity contribution in [1.29, 1.82) is 0 Å². The Morgan fingerprint density at radius 1 is 1.45 bits per heavy atom. The van der Waals surface area contributed by atoms with Gasteiger partial charge in [0.2, 0.25) is 5.91 Å². The van der Waals surface area contributed by atoms with Gasteiger partial charge in [-0.3, -0.25) is 9.59 Å². The lowest BCUT2D eigenvalue weighted by molar-refractivity contribution is -0.133. The van der Waals surface area contributed by atoms with Crippen molar-refractivity contribution in [3.8, 4) is 0 Å². The minimum Gasteiger partial charge on any atom is -0.391 e. The van der Waals surface area contributed by atoms with Crippen LogP contribution in [0.3, 0.4) is 0 Å². The zero-order chi connectivity index (χ0) is 14.5. The molecule has 0 aromatic heterocycles. The average Bonchev–Trinajstić information content (AvgIpc) is 2.44. The van der Waals surface area contributed by atoms with Gasteiger partial charge < -0.3 is 15.3 Å². The summed E-state index contributed by atoms with van der Waals surface area (Å²) in [5, 5.41) is 12.1. The van der Waals surface area contributed by atoms with Crippen LogP contribution in [0.15, 0.2) is 28.7 Å². The van der Waals surface area contributed by atoms with Gasteiger partial charge in [0, 0.05) is 23.1 Å². The Kier molecular flexibility index (Phi) is 5.14. The number of piperidine rings is 1. The van der Waals surface area contributed by atoms with E-state index in [9.17, 15) is 14.7 Å². The SMILES string of the molecule is O=C(NCC(=O)N1CCCC(O)C1)c1cccc(Br)c1. The minimum absolute atomic E-state index is 0.0436. The van der Waals surface area contributed by atoms with Crippen LogP contribution in [0.4, 0.5) is 0 Å². The van der Waals surface area contributed by atoms with Crippen molar-refractivity contribution in [2.24, 2.45) is 0 Å². The molecule has 0 saturated carbocycles. The number of likely N-dealkylation sites (tertiary alicyclic amines) is 1. The molecule has 0 spiro atoms. The van der Waals surface area contributed by atoms with Gasteiger partial charge in [-0.15, -0.1) is 0 Å². The molecular formula is C14H17BrN2O3. The van der Waals surface area contributed by atoms with E-state index >= 15 is 0 Å². The van der Waals surface area contributed by atoms with Crippen LogP contribution < -0.4 is 5.32 Å². The number of hydrogen-bond donors (Lipinski definition) is 2. The standard InChI is InChI=1S/C14H17BrN2O3/c15-11-4-1-3-10(7-11)14(20)16-8-13(19)17-6-2-5-12(18)9-17/h1,3-4,7,12,18H,2,5-6,8-9H2,(H,16,20). The molecule has 0 radical (unpaired) electrons. The second kappa shape index (κ2) is 6.85. The van der Waals surface area contributed by atoms with Crippen molar-refractivity contribution in [3.05, 3.63) is 34.3 Å². The van der Waals surface area contributed by atoms with Crippen LogP contribution in [0.5, 0.6) is 0 Å². The molecule has 1 unspecified atom stereocenters. The molecule has 2 rings (SSSR count). The van der Waals surface area contributed by atoms with E-state index in [0.29, 0.717) is 18.7 Å². The summed E-state index contributed by atoms with van der Waals surface area (Å²) in [7, 11) is 0. The largest absolute Gasteiger partial charge is 0.391 e. The van der Waals surface area contributed by atoms with E-state index in [-0.39, 0.29) is 18.4 Å². The maximum atomic E-state index is 11.9. The number of carbonyl (C=O) groups excluding carboxylic acids is 2. The summed E-state index contributed by atoms with van der Waals surface area (Å²) in [6.45, 7) is 0.951. The van der Waals surface area contributed by atoms with Crippen LogP contribution in [0.2, 0.25) is 0 Å². The van der Waals surface area contributed by atoms with Gasteiger partial charge in [-0.1, -0.05) is 22.0 Å². The van der Waals surface area contributed by atoms with Crippen LogP contribution in [-0.4, -0.2) is 47.6 Å². The molecule has 1 aromatic carbocycles. The predicted octanol–water partition coefficient (Wildman–Crippen LogP) is 1.16. The lowest BCUT2D eigenvalue weighted by Crippen LogP contribution is -2.46. The van der Waals surface area contributed by atoms with Gasteiger partial charge in [-0.2, -0.15) is 0 Å². The maximum Gasteiger partial charge on any atom is 0.251 e. The molecule has 1 aromatic rings. The number of halogens is 1. The normalized spacial score (nSPS) is 18.7. The third kappa shape index (κ3) is 4.05. The van der Waals surface area contributed by atoms with Gasteiger partial charge in [-0.05, 0) is 31.0 Å². The van der Waals surface area contributed by atoms with Crippen LogP contribution in [0.25, 0.3) is 0 Å². The van der Waals surface area contributed by atoms with Gasteiger partial charge >= 0.3 is 0 Å². The van der Waals surface area contributed by atoms with Crippen LogP contribution in [0, 0.1) is 0 Å². The van der Waals surface area contributed by atoms with E-state index in [2.05, 4.69) is 21.2 Å². The quantitative estimate of drug-likeness (QED) is 0.867. The second-order valence-electron chi connectivity index (χ2n) is 4.83. The molecule has 2 N–H and O–H groups in total. The van der Waals surface area contributed by atoms with Crippen LogP contribution in [0.1, 0.15) is 23.2 Å². The Balaban J connectivity index is 1.85. The van der Waals surface area contributed by atoms with Gasteiger partial charge in [-0.25, -0.2) is 0 Å². The van der Waals surface area contributed by atoms with Crippen LogP contribution >= 0.6 is 15.9 Å². The highest BCUT2D eigenvalue weighted by atomic mass is 79.9. The number of nitrogens with one attached hydrogen (secondary N) is 1. The monoisotopic (exact) mass is 340 g/mol. The molecule has 1 aliphatic rings. The summed E-state index contributed by atoms with van der Waals surface area (Å²) >= 11 is 3.30. The zero-order valence-electron chi connectivity index (χ0n) is 11.0. The number of hydrogen-bond acceptors (Lipinski definition) is 3. The first-order valence-electron chi connectivity index (χ1n) is 6.56. The molecule has 1 saturated heterocycles. The fourth-order valence-corrected chi connectivity index (χ4v) is 2.58. The number of aliphatic hydroxyl groups is 1. The molecule has 5 nitrogen and oxygen atoms in total. The van der Waals surface area contributed by atoms with E-state index in [1.807, 2.05) is 6.07 Å². The lowest BCUT2D eigenvalue weighted by Gasteiger charge is -2.30. The van der Waals surface area contributed by atoms with E-state index < -0.39 is 6.10 Å². The fourth-order valence-electron chi connectivity index (χ4n) is 2.18. The van der Waals surface area contributed by atoms with E-state index in [4.69, 9.17) is 0 Å². The van der Waals surface area contributed by atoms with Gasteiger partial charge in [0.1, 0.15) is 0 Å². The third-order valence-corrected chi connectivity index (χ3v) is 3.73. The summed E-state index contributed by atoms with van der Waals surface area (Å²) in [6, 6.07) is 6.98. The average molecular weight is 341 g/mol. The van der Waals surface area contributed by atoms with Crippen molar-refractivity contribution in [3.63, 3.8) is 0 Å². The summed E-state index contributed by atoms with van der Waals surface area (Å²) in [4.78, 5) is 25.4. The smallest absolute Gasteiger partial charge is 0.251 e. The molecule has 1 aliphatic heterocycles. The first-order valence-corrected chi connectivity index (χ1v) is 7.35. The summed E-state index contributed by atoms with van der Waals surface area (Å²) in [5.74, 6) is -0.440. The number of aliphatic hydroxyl groups excluding tert-OH is 1.